The summed E-state index contributed by atoms with van der Waals surface area (Å²) in [5, 5.41) is 15.1. The zero-order chi connectivity index (χ0) is 14.3. The second kappa shape index (κ2) is 8.30. The third kappa shape index (κ3) is 5.72. The van der Waals surface area contributed by atoms with Crippen LogP contribution in [0.1, 0.15) is 39.5 Å². The first-order valence-corrected chi connectivity index (χ1v) is 8.00. The van der Waals surface area contributed by atoms with Gasteiger partial charge in [0.2, 0.25) is 0 Å². The third-order valence-corrected chi connectivity index (χ3v) is 4.71. The van der Waals surface area contributed by atoms with E-state index in [1.807, 2.05) is 18.7 Å². The molecule has 3 N–H and O–H groups in total. The van der Waals surface area contributed by atoms with E-state index in [9.17, 15) is 9.59 Å². The van der Waals surface area contributed by atoms with Crippen molar-refractivity contribution in [1.29, 1.82) is 0 Å². The fourth-order valence-electron chi connectivity index (χ4n) is 2.32. The monoisotopic (exact) mass is 288 g/mol. The lowest BCUT2D eigenvalue weighted by Gasteiger charge is -2.15. The number of amides is 2. The molecule has 0 heterocycles. The number of carboxylic acid groups (broad SMARTS) is 1. The Balaban J connectivity index is 2.23. The van der Waals surface area contributed by atoms with E-state index in [-0.39, 0.29) is 18.6 Å². The number of thioether (sulfide) groups is 1. The van der Waals surface area contributed by atoms with Crippen molar-refractivity contribution in [2.45, 2.75) is 50.8 Å². The molecule has 110 valence electrons. The van der Waals surface area contributed by atoms with Crippen LogP contribution in [0.4, 0.5) is 4.79 Å². The van der Waals surface area contributed by atoms with Gasteiger partial charge in [0.15, 0.2) is 0 Å². The highest BCUT2D eigenvalue weighted by molar-refractivity contribution is 7.99. The van der Waals surface area contributed by atoms with Gasteiger partial charge in [-0.2, -0.15) is 11.8 Å². The van der Waals surface area contributed by atoms with E-state index in [0.717, 1.165) is 25.0 Å². The van der Waals surface area contributed by atoms with Crippen molar-refractivity contribution < 1.29 is 14.7 Å². The van der Waals surface area contributed by atoms with Crippen molar-refractivity contribution in [3.8, 4) is 0 Å². The molecule has 19 heavy (non-hydrogen) atoms. The van der Waals surface area contributed by atoms with Gasteiger partial charge in [-0.05, 0) is 31.4 Å². The minimum atomic E-state index is -0.858. The molecule has 0 aromatic heterocycles. The number of carbonyl (C=O) groups excluding carboxylic acids is 1. The number of hydrogen-bond donors (Lipinski definition) is 3. The quantitative estimate of drug-likeness (QED) is 0.670. The van der Waals surface area contributed by atoms with Crippen molar-refractivity contribution in [2.24, 2.45) is 5.92 Å². The van der Waals surface area contributed by atoms with Crippen molar-refractivity contribution in [3.63, 3.8) is 0 Å². The Kier molecular flexibility index (Phi) is 7.05. The molecule has 5 nitrogen and oxygen atoms in total. The second-order valence-electron chi connectivity index (χ2n) is 4.89. The van der Waals surface area contributed by atoms with Crippen molar-refractivity contribution in [1.82, 2.24) is 10.6 Å². The summed E-state index contributed by atoms with van der Waals surface area (Å²) < 4.78 is 0. The average molecular weight is 288 g/mol. The van der Waals surface area contributed by atoms with Crippen molar-refractivity contribution in [3.05, 3.63) is 0 Å². The van der Waals surface area contributed by atoms with Crippen molar-refractivity contribution >= 4 is 23.8 Å². The van der Waals surface area contributed by atoms with Gasteiger partial charge in [0.25, 0.3) is 0 Å². The van der Waals surface area contributed by atoms with Gasteiger partial charge in [0, 0.05) is 17.8 Å². The highest BCUT2D eigenvalue weighted by atomic mass is 32.2. The van der Waals surface area contributed by atoms with E-state index in [4.69, 9.17) is 5.11 Å². The van der Waals surface area contributed by atoms with Gasteiger partial charge in [-0.1, -0.05) is 13.8 Å². The summed E-state index contributed by atoms with van der Waals surface area (Å²) in [6.07, 6.45) is 3.70. The third-order valence-electron chi connectivity index (χ3n) is 3.47. The Hall–Kier alpha value is -0.910. The molecule has 6 heteroatoms. The Bertz CT molecular complexity index is 312. The Morgan fingerprint density at radius 2 is 2.11 bits per heavy atom. The molecule has 0 spiro atoms. The van der Waals surface area contributed by atoms with Crippen LogP contribution in [-0.2, 0) is 4.79 Å². The predicted molar refractivity (Wildman–Crippen MR) is 77.5 cm³/mol. The number of urea groups is 1. The molecular formula is C13H24N2O3S. The molecule has 1 fully saturated rings. The number of carbonyl (C=O) groups is 2. The maximum absolute atomic E-state index is 11.7. The number of carboxylic acids is 1. The summed E-state index contributed by atoms with van der Waals surface area (Å²) in [6.45, 7) is 4.15. The fraction of sp³-hybridized carbons (Fsp3) is 0.846. The van der Waals surface area contributed by atoms with Crippen LogP contribution in [0.2, 0.25) is 0 Å². The minimum absolute atomic E-state index is 0.192. The standard InChI is InChI=1S/C13H24N2O3S/c1-3-9(12(16)17)8-14-13(18)15-10-5-6-11(7-10)19-4-2/h9-11H,3-8H2,1-2H3,(H,16,17)(H2,14,15,18). The van der Waals surface area contributed by atoms with Crippen LogP contribution in [0.25, 0.3) is 0 Å². The molecule has 3 atom stereocenters. The number of rotatable bonds is 7. The Morgan fingerprint density at radius 3 is 2.68 bits per heavy atom. The summed E-state index contributed by atoms with van der Waals surface area (Å²) in [7, 11) is 0. The highest BCUT2D eigenvalue weighted by Crippen LogP contribution is 2.29. The van der Waals surface area contributed by atoms with Gasteiger partial charge in [0.05, 0.1) is 5.92 Å². The second-order valence-corrected chi connectivity index (χ2v) is 6.46. The first-order chi connectivity index (χ1) is 9.06. The largest absolute Gasteiger partial charge is 0.481 e. The van der Waals surface area contributed by atoms with E-state index >= 15 is 0 Å². The predicted octanol–water partition coefficient (Wildman–Crippen LogP) is 2.07. The molecule has 0 aromatic rings. The SMILES string of the molecule is CCSC1CCC(NC(=O)NCC(CC)C(=O)O)C1. The van der Waals surface area contributed by atoms with Crippen LogP contribution in [-0.4, -0.2) is 40.7 Å². The zero-order valence-corrected chi connectivity index (χ0v) is 12.5. The number of aliphatic carboxylic acids is 1. The van der Waals surface area contributed by atoms with Gasteiger partial charge in [-0.15, -0.1) is 0 Å². The fourth-order valence-corrected chi connectivity index (χ4v) is 3.46. The van der Waals surface area contributed by atoms with E-state index < -0.39 is 11.9 Å². The Labute approximate surface area is 118 Å². The van der Waals surface area contributed by atoms with Crippen molar-refractivity contribution in [2.75, 3.05) is 12.3 Å². The van der Waals surface area contributed by atoms with Crippen LogP contribution in [0.15, 0.2) is 0 Å². The number of nitrogens with one attached hydrogen (secondary N) is 2. The molecule has 1 aliphatic rings. The smallest absolute Gasteiger partial charge is 0.315 e. The molecule has 1 aliphatic carbocycles. The lowest BCUT2D eigenvalue weighted by molar-refractivity contribution is -0.141. The highest BCUT2D eigenvalue weighted by Gasteiger charge is 2.26. The molecule has 0 bridgehead atoms. The van der Waals surface area contributed by atoms with Gasteiger partial charge >= 0.3 is 12.0 Å². The maximum Gasteiger partial charge on any atom is 0.315 e. The van der Waals surface area contributed by atoms with Gasteiger partial charge in [0.1, 0.15) is 0 Å². The summed E-state index contributed by atoms with van der Waals surface area (Å²) in [6, 6.07) is -0.0131. The first kappa shape index (κ1) is 16.1. The van der Waals surface area contributed by atoms with Gasteiger partial charge < -0.3 is 15.7 Å². The molecule has 2 amide bonds. The van der Waals surface area contributed by atoms with Crippen LogP contribution < -0.4 is 10.6 Å². The first-order valence-electron chi connectivity index (χ1n) is 6.95. The summed E-state index contributed by atoms with van der Waals surface area (Å²) in [5.41, 5.74) is 0. The maximum atomic E-state index is 11.7. The normalized spacial score (nSPS) is 23.9. The molecule has 0 radical (unpaired) electrons. The molecule has 1 rings (SSSR count). The van der Waals surface area contributed by atoms with Crippen LogP contribution in [0.5, 0.6) is 0 Å². The topological polar surface area (TPSA) is 78.4 Å². The lowest BCUT2D eigenvalue weighted by atomic mass is 10.1. The van der Waals surface area contributed by atoms with E-state index in [2.05, 4.69) is 17.6 Å². The van der Waals surface area contributed by atoms with Gasteiger partial charge in [-0.3, -0.25) is 4.79 Å². The zero-order valence-electron chi connectivity index (χ0n) is 11.6. The minimum Gasteiger partial charge on any atom is -0.481 e. The summed E-state index contributed by atoms with van der Waals surface area (Å²) in [5.74, 6) is -0.249. The van der Waals surface area contributed by atoms with E-state index in [0.29, 0.717) is 11.7 Å². The van der Waals surface area contributed by atoms with Gasteiger partial charge in [-0.25, -0.2) is 4.79 Å². The van der Waals surface area contributed by atoms with Crippen LogP contribution >= 0.6 is 11.8 Å². The summed E-state index contributed by atoms with van der Waals surface area (Å²) >= 11 is 1.95. The molecule has 1 saturated carbocycles. The molecule has 3 unspecified atom stereocenters. The average Bonchev–Trinajstić information content (AvgIpc) is 2.77. The van der Waals surface area contributed by atoms with Crippen LogP contribution in [0.3, 0.4) is 0 Å². The van der Waals surface area contributed by atoms with E-state index in [1.54, 1.807) is 0 Å². The number of hydrogen-bond acceptors (Lipinski definition) is 3. The lowest BCUT2D eigenvalue weighted by Crippen LogP contribution is -2.43. The molecule has 0 aliphatic heterocycles. The summed E-state index contributed by atoms with van der Waals surface area (Å²) in [4.78, 5) is 22.5. The molecular weight excluding hydrogens is 264 g/mol. The van der Waals surface area contributed by atoms with E-state index in [1.165, 1.54) is 0 Å². The van der Waals surface area contributed by atoms with Crippen LogP contribution in [0, 0.1) is 5.92 Å². The molecule has 0 aromatic carbocycles. The molecule has 0 saturated heterocycles. The Morgan fingerprint density at radius 1 is 1.37 bits per heavy atom.